The minimum atomic E-state index is -0.274. The second kappa shape index (κ2) is 10.7. The SMILES string of the molecule is Cc1cccc(NC(=O)CCN2C(=S)N[C@@H](c3ccccn3)[C@H]2c2ccc(-c3ccc(C)c(Cl)c3)o2)c1. The van der Waals surface area contributed by atoms with Gasteiger partial charge in [-0.3, -0.25) is 9.78 Å². The van der Waals surface area contributed by atoms with E-state index in [4.69, 9.17) is 28.2 Å². The molecule has 0 radical (unpaired) electrons. The molecule has 1 aliphatic heterocycles. The molecule has 2 aromatic carbocycles. The Hall–Kier alpha value is -3.68. The van der Waals surface area contributed by atoms with E-state index in [1.165, 1.54) is 0 Å². The first-order valence-electron chi connectivity index (χ1n) is 12.1. The van der Waals surface area contributed by atoms with Gasteiger partial charge in [-0.15, -0.1) is 0 Å². The van der Waals surface area contributed by atoms with Crippen LogP contribution in [-0.4, -0.2) is 27.4 Å². The number of rotatable bonds is 7. The summed E-state index contributed by atoms with van der Waals surface area (Å²) in [7, 11) is 0. The van der Waals surface area contributed by atoms with Crippen LogP contribution in [-0.2, 0) is 4.79 Å². The van der Waals surface area contributed by atoms with Gasteiger partial charge in [0.05, 0.1) is 11.7 Å². The van der Waals surface area contributed by atoms with Crippen molar-refractivity contribution >= 4 is 40.5 Å². The maximum Gasteiger partial charge on any atom is 0.226 e. The maximum absolute atomic E-state index is 12.8. The van der Waals surface area contributed by atoms with Crippen LogP contribution in [0.25, 0.3) is 11.3 Å². The van der Waals surface area contributed by atoms with Gasteiger partial charge in [0.25, 0.3) is 0 Å². The zero-order chi connectivity index (χ0) is 25.9. The zero-order valence-corrected chi connectivity index (χ0v) is 22.1. The molecule has 2 atom stereocenters. The number of carbonyl (C=O) groups is 1. The summed E-state index contributed by atoms with van der Waals surface area (Å²) in [6.45, 7) is 4.38. The average molecular weight is 531 g/mol. The summed E-state index contributed by atoms with van der Waals surface area (Å²) in [6, 6.07) is 22.8. The Bertz CT molecular complexity index is 1440. The molecule has 0 saturated carbocycles. The molecule has 3 heterocycles. The number of pyridine rings is 1. The second-order valence-corrected chi connectivity index (χ2v) is 9.95. The van der Waals surface area contributed by atoms with Crippen LogP contribution in [0.1, 0.15) is 41.1 Å². The predicted octanol–water partition coefficient (Wildman–Crippen LogP) is 6.61. The van der Waals surface area contributed by atoms with Crippen molar-refractivity contribution in [1.29, 1.82) is 0 Å². The number of nitrogens with one attached hydrogen (secondary N) is 2. The molecule has 1 saturated heterocycles. The van der Waals surface area contributed by atoms with E-state index in [1.54, 1.807) is 6.20 Å². The third-order valence-corrected chi connectivity index (χ3v) is 7.21. The number of hydrogen-bond acceptors (Lipinski definition) is 4. The molecule has 0 spiro atoms. The lowest BCUT2D eigenvalue weighted by Gasteiger charge is -2.25. The minimum Gasteiger partial charge on any atom is -0.459 e. The summed E-state index contributed by atoms with van der Waals surface area (Å²) in [4.78, 5) is 19.4. The van der Waals surface area contributed by atoms with Gasteiger partial charge >= 0.3 is 0 Å². The molecule has 8 heteroatoms. The molecule has 1 fully saturated rings. The summed E-state index contributed by atoms with van der Waals surface area (Å²) < 4.78 is 6.37. The quantitative estimate of drug-likeness (QED) is 0.262. The third-order valence-electron chi connectivity index (χ3n) is 6.45. The Morgan fingerprint density at radius 1 is 1.11 bits per heavy atom. The zero-order valence-electron chi connectivity index (χ0n) is 20.6. The molecular formula is C29H27ClN4O2S. The van der Waals surface area contributed by atoms with E-state index in [9.17, 15) is 4.79 Å². The molecular weight excluding hydrogens is 504 g/mol. The summed E-state index contributed by atoms with van der Waals surface area (Å²) in [6.07, 6.45) is 2.03. The molecule has 1 aliphatic rings. The van der Waals surface area contributed by atoms with Crippen molar-refractivity contribution in [3.63, 3.8) is 0 Å². The van der Waals surface area contributed by atoms with E-state index in [0.717, 1.165) is 33.8 Å². The lowest BCUT2D eigenvalue weighted by Crippen LogP contribution is -2.32. The molecule has 4 aromatic rings. The van der Waals surface area contributed by atoms with Crippen LogP contribution in [0.5, 0.6) is 0 Å². The molecule has 0 aliphatic carbocycles. The van der Waals surface area contributed by atoms with E-state index in [1.807, 2.05) is 91.5 Å². The third kappa shape index (κ3) is 5.53. The Balaban J connectivity index is 1.40. The van der Waals surface area contributed by atoms with E-state index in [0.29, 0.717) is 22.4 Å². The number of amides is 1. The van der Waals surface area contributed by atoms with Gasteiger partial charge in [-0.05, 0) is 79.7 Å². The number of nitrogens with zero attached hydrogens (tertiary/aromatic N) is 2. The Labute approximate surface area is 226 Å². The molecule has 0 bridgehead atoms. The molecule has 6 nitrogen and oxygen atoms in total. The number of anilines is 1. The Kier molecular flexibility index (Phi) is 7.26. The Morgan fingerprint density at radius 2 is 1.97 bits per heavy atom. The summed E-state index contributed by atoms with van der Waals surface area (Å²) in [5.41, 5.74) is 4.62. The van der Waals surface area contributed by atoms with Gasteiger partial charge in [-0.1, -0.05) is 41.9 Å². The Morgan fingerprint density at radius 3 is 2.73 bits per heavy atom. The minimum absolute atomic E-state index is 0.0807. The number of benzene rings is 2. The van der Waals surface area contributed by atoms with Crippen molar-refractivity contribution in [3.8, 4) is 11.3 Å². The summed E-state index contributed by atoms with van der Waals surface area (Å²) in [5, 5.41) is 7.62. The standard InChI is InChI=1S/C29H27ClN4O2S/c1-18-6-5-7-21(16-18)32-26(35)13-15-34-28(27(33-29(34)37)23-8-3-4-14-31-23)25-12-11-24(36-25)20-10-9-19(2)22(30)17-20/h3-12,14,16-17,27-28H,13,15H2,1-2H3,(H,32,35)(H,33,37)/t27-,28+/m0/s1. The highest BCUT2D eigenvalue weighted by molar-refractivity contribution is 7.80. The largest absolute Gasteiger partial charge is 0.459 e. The van der Waals surface area contributed by atoms with Crippen molar-refractivity contribution in [3.05, 3.63) is 107 Å². The van der Waals surface area contributed by atoms with Crippen molar-refractivity contribution in [2.75, 3.05) is 11.9 Å². The number of thiocarbonyl (C=S) groups is 1. The topological polar surface area (TPSA) is 70.4 Å². The number of carbonyl (C=O) groups excluding carboxylic acids is 1. The van der Waals surface area contributed by atoms with Crippen LogP contribution in [0.3, 0.4) is 0 Å². The van der Waals surface area contributed by atoms with Crippen LogP contribution in [0.15, 0.2) is 83.4 Å². The van der Waals surface area contributed by atoms with E-state index in [-0.39, 0.29) is 24.4 Å². The van der Waals surface area contributed by atoms with Crippen LogP contribution < -0.4 is 10.6 Å². The van der Waals surface area contributed by atoms with Crippen LogP contribution >= 0.6 is 23.8 Å². The molecule has 0 unspecified atom stereocenters. The lowest BCUT2D eigenvalue weighted by molar-refractivity contribution is -0.116. The number of aromatic nitrogens is 1. The fourth-order valence-electron chi connectivity index (χ4n) is 4.54. The molecule has 188 valence electrons. The molecule has 5 rings (SSSR count). The highest BCUT2D eigenvalue weighted by Crippen LogP contribution is 2.40. The van der Waals surface area contributed by atoms with Gasteiger partial charge in [0.1, 0.15) is 17.6 Å². The molecule has 37 heavy (non-hydrogen) atoms. The fourth-order valence-corrected chi connectivity index (χ4v) is 5.05. The van der Waals surface area contributed by atoms with Crippen LogP contribution in [0.2, 0.25) is 5.02 Å². The van der Waals surface area contributed by atoms with Crippen molar-refractivity contribution in [2.45, 2.75) is 32.4 Å². The van der Waals surface area contributed by atoms with Gasteiger partial charge in [-0.2, -0.15) is 0 Å². The van der Waals surface area contributed by atoms with Crippen LogP contribution in [0, 0.1) is 13.8 Å². The van der Waals surface area contributed by atoms with Gasteiger partial charge in [0.15, 0.2) is 5.11 Å². The second-order valence-electron chi connectivity index (χ2n) is 9.15. The molecule has 1 amide bonds. The summed E-state index contributed by atoms with van der Waals surface area (Å²) in [5.74, 6) is 1.36. The smallest absolute Gasteiger partial charge is 0.226 e. The van der Waals surface area contributed by atoms with Gasteiger partial charge in [0.2, 0.25) is 5.91 Å². The fraction of sp³-hybridized carbons (Fsp3) is 0.207. The summed E-state index contributed by atoms with van der Waals surface area (Å²) >= 11 is 12.1. The normalized spacial score (nSPS) is 17.1. The van der Waals surface area contributed by atoms with Crippen molar-refractivity contribution in [1.82, 2.24) is 15.2 Å². The lowest BCUT2D eigenvalue weighted by atomic mass is 10.0. The van der Waals surface area contributed by atoms with E-state index >= 15 is 0 Å². The number of halogens is 1. The van der Waals surface area contributed by atoms with Gasteiger partial charge < -0.3 is 20.0 Å². The van der Waals surface area contributed by atoms with Crippen molar-refractivity contribution < 1.29 is 9.21 Å². The highest BCUT2D eigenvalue weighted by Gasteiger charge is 2.41. The number of furan rings is 1. The van der Waals surface area contributed by atoms with E-state index in [2.05, 4.69) is 15.6 Å². The first-order valence-corrected chi connectivity index (χ1v) is 12.9. The van der Waals surface area contributed by atoms with Gasteiger partial charge in [-0.25, -0.2) is 0 Å². The molecule has 2 N–H and O–H groups in total. The molecule has 2 aromatic heterocycles. The maximum atomic E-state index is 12.8. The van der Waals surface area contributed by atoms with E-state index < -0.39 is 0 Å². The number of hydrogen-bond donors (Lipinski definition) is 2. The van der Waals surface area contributed by atoms with Gasteiger partial charge in [0, 0.05) is 35.4 Å². The number of aryl methyl sites for hydroxylation is 2. The first-order chi connectivity index (χ1) is 17.9. The van der Waals surface area contributed by atoms with Crippen LogP contribution in [0.4, 0.5) is 5.69 Å². The monoisotopic (exact) mass is 530 g/mol. The van der Waals surface area contributed by atoms with Crippen molar-refractivity contribution in [2.24, 2.45) is 0 Å². The predicted molar refractivity (Wildman–Crippen MR) is 150 cm³/mol. The highest BCUT2D eigenvalue weighted by atomic mass is 35.5. The first kappa shape index (κ1) is 25.0. The average Bonchev–Trinajstić information content (AvgIpc) is 3.49.